The molecule has 0 unspecified atom stereocenters. The minimum Gasteiger partial charge on any atom is -0.394 e. The third-order valence-electron chi connectivity index (χ3n) is 5.49. The predicted octanol–water partition coefficient (Wildman–Crippen LogP) is 2.11. The predicted molar refractivity (Wildman–Crippen MR) is 101 cm³/mol. The van der Waals surface area contributed by atoms with Crippen LogP contribution in [0.25, 0.3) is 0 Å². The van der Waals surface area contributed by atoms with Crippen LogP contribution in [0.5, 0.6) is 0 Å². The molecule has 1 saturated carbocycles. The Morgan fingerprint density at radius 2 is 2.00 bits per heavy atom. The van der Waals surface area contributed by atoms with E-state index in [1.807, 2.05) is 25.1 Å². The normalized spacial score (nSPS) is 20.8. The van der Waals surface area contributed by atoms with Crippen LogP contribution in [0.1, 0.15) is 26.7 Å². The van der Waals surface area contributed by atoms with E-state index in [2.05, 4.69) is 33.4 Å². The molecule has 6 nitrogen and oxygen atoms in total. The van der Waals surface area contributed by atoms with Gasteiger partial charge in [0.1, 0.15) is 0 Å². The van der Waals surface area contributed by atoms with Gasteiger partial charge in [0, 0.05) is 37.6 Å². The van der Waals surface area contributed by atoms with E-state index in [9.17, 15) is 9.90 Å². The van der Waals surface area contributed by atoms with E-state index in [0.29, 0.717) is 5.92 Å². The molecule has 0 bridgehead atoms. The van der Waals surface area contributed by atoms with Crippen molar-refractivity contribution in [3.8, 4) is 0 Å². The fraction of sp³-hybridized carbons (Fsp3) is 0.632. The number of urea groups is 1. The standard InChI is InChI=1S/C19H30N4O2/c1-3-22-9-11-23(12-10-22)17-6-4-5-16(13-17)20-18(25)21-19(2,14-24)15-7-8-15/h4-6,13,15,24H,3,7-12,14H2,1-2H3,(H2,20,21,25)/t19-/m0/s1. The van der Waals surface area contributed by atoms with Gasteiger partial charge in [-0.15, -0.1) is 0 Å². The van der Waals surface area contributed by atoms with Crippen LogP contribution in [0.2, 0.25) is 0 Å². The number of hydrogen-bond donors (Lipinski definition) is 3. The summed E-state index contributed by atoms with van der Waals surface area (Å²) in [5, 5.41) is 15.5. The Hall–Kier alpha value is -1.79. The molecule has 6 heteroatoms. The fourth-order valence-electron chi connectivity index (χ4n) is 3.52. The van der Waals surface area contributed by atoms with Crippen molar-refractivity contribution in [1.82, 2.24) is 10.2 Å². The number of aliphatic hydroxyl groups excluding tert-OH is 1. The van der Waals surface area contributed by atoms with Crippen molar-refractivity contribution >= 4 is 17.4 Å². The van der Waals surface area contributed by atoms with E-state index in [4.69, 9.17) is 0 Å². The number of likely N-dealkylation sites (N-methyl/N-ethyl adjacent to an activating group) is 1. The van der Waals surface area contributed by atoms with Gasteiger partial charge in [0.15, 0.2) is 0 Å². The monoisotopic (exact) mass is 346 g/mol. The van der Waals surface area contributed by atoms with Crippen LogP contribution >= 0.6 is 0 Å². The summed E-state index contributed by atoms with van der Waals surface area (Å²) in [6.45, 7) is 9.33. The third kappa shape index (κ3) is 4.44. The molecule has 0 spiro atoms. The molecule has 0 radical (unpaired) electrons. The molecule has 1 heterocycles. The van der Waals surface area contributed by atoms with E-state index in [1.165, 1.54) is 0 Å². The van der Waals surface area contributed by atoms with Gasteiger partial charge in [-0.2, -0.15) is 0 Å². The Morgan fingerprint density at radius 1 is 1.28 bits per heavy atom. The van der Waals surface area contributed by atoms with Gasteiger partial charge in [-0.25, -0.2) is 4.79 Å². The first kappa shape index (κ1) is 18.0. The number of benzene rings is 1. The third-order valence-corrected chi connectivity index (χ3v) is 5.49. The number of carbonyl (C=O) groups excluding carboxylic acids is 1. The van der Waals surface area contributed by atoms with E-state index in [1.54, 1.807) is 0 Å². The number of hydrogen-bond acceptors (Lipinski definition) is 4. The number of nitrogens with zero attached hydrogens (tertiary/aromatic N) is 2. The molecule has 1 aliphatic heterocycles. The SMILES string of the molecule is CCN1CCN(c2cccc(NC(=O)N[C@@](C)(CO)C3CC3)c2)CC1. The molecular weight excluding hydrogens is 316 g/mol. The Kier molecular flexibility index (Phi) is 5.49. The van der Waals surface area contributed by atoms with Gasteiger partial charge >= 0.3 is 6.03 Å². The molecule has 2 fully saturated rings. The first-order valence-corrected chi connectivity index (χ1v) is 9.31. The summed E-state index contributed by atoms with van der Waals surface area (Å²) in [7, 11) is 0. The Morgan fingerprint density at radius 3 is 2.60 bits per heavy atom. The topological polar surface area (TPSA) is 67.8 Å². The molecule has 1 aromatic carbocycles. The lowest BCUT2D eigenvalue weighted by atomic mass is 9.97. The summed E-state index contributed by atoms with van der Waals surface area (Å²) in [6, 6.07) is 7.74. The minimum absolute atomic E-state index is 0.0349. The Labute approximate surface area is 150 Å². The maximum atomic E-state index is 12.3. The van der Waals surface area contributed by atoms with Crippen molar-refractivity contribution in [1.29, 1.82) is 0 Å². The molecule has 3 rings (SSSR count). The summed E-state index contributed by atoms with van der Waals surface area (Å²) in [5.41, 5.74) is 1.39. The van der Waals surface area contributed by atoms with E-state index >= 15 is 0 Å². The summed E-state index contributed by atoms with van der Waals surface area (Å²) < 4.78 is 0. The minimum atomic E-state index is -0.530. The average Bonchev–Trinajstić information content (AvgIpc) is 3.47. The number of nitrogens with one attached hydrogen (secondary N) is 2. The summed E-state index contributed by atoms with van der Waals surface area (Å²) in [5.74, 6) is 0.379. The van der Waals surface area contributed by atoms with Crippen LogP contribution in [-0.2, 0) is 0 Å². The number of anilines is 2. The van der Waals surface area contributed by atoms with Gasteiger partial charge in [-0.3, -0.25) is 0 Å². The maximum Gasteiger partial charge on any atom is 0.319 e. The molecule has 0 aromatic heterocycles. The molecule has 1 atom stereocenters. The van der Waals surface area contributed by atoms with Crippen molar-refractivity contribution in [2.75, 3.05) is 49.5 Å². The molecule has 3 N–H and O–H groups in total. The van der Waals surface area contributed by atoms with Crippen LogP contribution in [0, 0.1) is 5.92 Å². The fourth-order valence-corrected chi connectivity index (χ4v) is 3.52. The number of amides is 2. The molecular formula is C19H30N4O2. The second-order valence-corrected chi connectivity index (χ2v) is 7.40. The molecule has 1 saturated heterocycles. The number of rotatable bonds is 6. The Bertz CT molecular complexity index is 597. The molecule has 1 aromatic rings. The van der Waals surface area contributed by atoms with Crippen molar-refractivity contribution < 1.29 is 9.90 Å². The van der Waals surface area contributed by atoms with E-state index < -0.39 is 5.54 Å². The van der Waals surface area contributed by atoms with Crippen LogP contribution in [0.15, 0.2) is 24.3 Å². The number of carbonyl (C=O) groups is 1. The second kappa shape index (κ2) is 7.62. The zero-order chi connectivity index (χ0) is 17.9. The first-order chi connectivity index (χ1) is 12.0. The highest BCUT2D eigenvalue weighted by Gasteiger charge is 2.42. The first-order valence-electron chi connectivity index (χ1n) is 9.31. The van der Waals surface area contributed by atoms with Gasteiger partial charge in [0.25, 0.3) is 0 Å². The lowest BCUT2D eigenvalue weighted by molar-refractivity contribution is 0.159. The van der Waals surface area contributed by atoms with Crippen molar-refractivity contribution in [2.24, 2.45) is 5.92 Å². The van der Waals surface area contributed by atoms with Crippen molar-refractivity contribution in [2.45, 2.75) is 32.2 Å². The van der Waals surface area contributed by atoms with Crippen LogP contribution < -0.4 is 15.5 Å². The van der Waals surface area contributed by atoms with Gasteiger partial charge in [-0.05, 0) is 50.4 Å². The summed E-state index contributed by atoms with van der Waals surface area (Å²) >= 11 is 0. The van der Waals surface area contributed by atoms with Gasteiger partial charge in [-0.1, -0.05) is 13.0 Å². The number of piperazine rings is 1. The largest absolute Gasteiger partial charge is 0.394 e. The molecule has 25 heavy (non-hydrogen) atoms. The highest BCUT2D eigenvalue weighted by Crippen LogP contribution is 2.39. The average molecular weight is 346 g/mol. The van der Waals surface area contributed by atoms with Gasteiger partial charge in [0.2, 0.25) is 0 Å². The molecule has 2 aliphatic rings. The lowest BCUT2D eigenvalue weighted by Crippen LogP contribution is -2.52. The highest BCUT2D eigenvalue weighted by atomic mass is 16.3. The van der Waals surface area contributed by atoms with Gasteiger partial charge < -0.3 is 25.5 Å². The van der Waals surface area contributed by atoms with Gasteiger partial charge in [0.05, 0.1) is 12.1 Å². The quantitative estimate of drug-likeness (QED) is 0.738. The molecule has 1 aliphatic carbocycles. The van der Waals surface area contributed by atoms with Crippen LogP contribution in [0.4, 0.5) is 16.2 Å². The van der Waals surface area contributed by atoms with E-state index in [0.717, 1.165) is 56.9 Å². The smallest absolute Gasteiger partial charge is 0.319 e. The van der Waals surface area contributed by atoms with Crippen molar-refractivity contribution in [3.63, 3.8) is 0 Å². The second-order valence-electron chi connectivity index (χ2n) is 7.40. The van der Waals surface area contributed by atoms with E-state index in [-0.39, 0.29) is 12.6 Å². The zero-order valence-electron chi connectivity index (χ0n) is 15.3. The summed E-state index contributed by atoms with van der Waals surface area (Å²) in [4.78, 5) is 17.1. The van der Waals surface area contributed by atoms with Crippen molar-refractivity contribution in [3.05, 3.63) is 24.3 Å². The number of aliphatic hydroxyl groups is 1. The molecule has 138 valence electrons. The Balaban J connectivity index is 1.59. The maximum absolute atomic E-state index is 12.3. The highest BCUT2D eigenvalue weighted by molar-refractivity contribution is 5.90. The lowest BCUT2D eigenvalue weighted by Gasteiger charge is -2.35. The van der Waals surface area contributed by atoms with Crippen LogP contribution in [0.3, 0.4) is 0 Å². The summed E-state index contributed by atoms with van der Waals surface area (Å²) in [6.07, 6.45) is 2.13. The zero-order valence-corrected chi connectivity index (χ0v) is 15.3. The van der Waals surface area contributed by atoms with Crippen LogP contribution in [-0.4, -0.2) is 60.9 Å². The molecule has 2 amide bonds.